The van der Waals surface area contributed by atoms with Crippen LogP contribution < -0.4 is 5.32 Å². The first-order valence-electron chi connectivity index (χ1n) is 4.06. The summed E-state index contributed by atoms with van der Waals surface area (Å²) in [6.45, 7) is 0.403. The van der Waals surface area contributed by atoms with E-state index < -0.39 is 18.5 Å². The lowest BCUT2D eigenvalue weighted by atomic mass is 10.2. The van der Waals surface area contributed by atoms with E-state index in [4.69, 9.17) is 0 Å². The second kappa shape index (κ2) is 4.38. The number of rotatable bonds is 2. The summed E-state index contributed by atoms with van der Waals surface area (Å²) in [7, 11) is 0. The van der Waals surface area contributed by atoms with Crippen LogP contribution in [0.3, 0.4) is 0 Å². The van der Waals surface area contributed by atoms with E-state index in [1.807, 2.05) is 0 Å². The highest BCUT2D eigenvalue weighted by atomic mass is 79.9. The lowest BCUT2D eigenvalue weighted by Gasteiger charge is -2.12. The largest absolute Gasteiger partial charge is 0.405 e. The molecule has 0 unspecified atom stereocenters. The fourth-order valence-corrected chi connectivity index (χ4v) is 1.38. The van der Waals surface area contributed by atoms with Gasteiger partial charge in [0.2, 0.25) is 0 Å². The van der Waals surface area contributed by atoms with Gasteiger partial charge in [0.25, 0.3) is 0 Å². The summed E-state index contributed by atoms with van der Waals surface area (Å²) in [5, 5.41) is 2.20. The molecule has 0 bridgehead atoms. The number of anilines is 1. The Labute approximate surface area is 92.6 Å². The Kier molecular flexibility index (Phi) is 3.59. The Morgan fingerprint density at radius 1 is 1.33 bits per heavy atom. The van der Waals surface area contributed by atoms with Crippen molar-refractivity contribution in [1.82, 2.24) is 0 Å². The van der Waals surface area contributed by atoms with Gasteiger partial charge in [-0.2, -0.15) is 13.2 Å². The molecule has 0 aliphatic rings. The molecule has 1 aromatic rings. The average molecular weight is 286 g/mol. The molecule has 84 valence electrons. The van der Waals surface area contributed by atoms with Gasteiger partial charge >= 0.3 is 6.18 Å². The third-order valence-electron chi connectivity index (χ3n) is 1.75. The minimum atomic E-state index is -4.28. The minimum absolute atomic E-state index is 0.137. The fraction of sp³-hybridized carbons (Fsp3) is 0.333. The van der Waals surface area contributed by atoms with E-state index in [-0.39, 0.29) is 10.2 Å². The molecule has 0 radical (unpaired) electrons. The van der Waals surface area contributed by atoms with Crippen LogP contribution in [0.1, 0.15) is 5.56 Å². The van der Waals surface area contributed by atoms with Crippen LogP contribution in [-0.4, -0.2) is 12.7 Å². The van der Waals surface area contributed by atoms with Gasteiger partial charge in [-0.05, 0) is 40.5 Å². The van der Waals surface area contributed by atoms with Crippen LogP contribution in [0.25, 0.3) is 0 Å². The van der Waals surface area contributed by atoms with Crippen LogP contribution >= 0.6 is 15.9 Å². The topological polar surface area (TPSA) is 12.0 Å². The number of halogens is 5. The number of hydrogen-bond donors (Lipinski definition) is 1. The second-order valence-electron chi connectivity index (χ2n) is 3.05. The molecule has 0 aliphatic heterocycles. The van der Waals surface area contributed by atoms with Crippen molar-refractivity contribution >= 4 is 21.6 Å². The van der Waals surface area contributed by atoms with Gasteiger partial charge < -0.3 is 5.32 Å². The normalized spacial score (nSPS) is 11.6. The van der Waals surface area contributed by atoms with Gasteiger partial charge in [-0.3, -0.25) is 0 Å². The molecule has 1 N–H and O–H groups in total. The fourth-order valence-electron chi connectivity index (χ4n) is 1.03. The summed E-state index contributed by atoms with van der Waals surface area (Å²) in [5.74, 6) is -0.495. The van der Waals surface area contributed by atoms with Gasteiger partial charge in [-0.15, -0.1) is 0 Å². The van der Waals surface area contributed by atoms with Crippen molar-refractivity contribution in [3.05, 3.63) is 28.0 Å². The van der Waals surface area contributed by atoms with E-state index in [9.17, 15) is 17.6 Å². The maximum atomic E-state index is 12.9. The highest BCUT2D eigenvalue weighted by Crippen LogP contribution is 2.25. The third kappa shape index (κ3) is 3.70. The predicted octanol–water partition coefficient (Wildman–Crippen LogP) is 3.87. The molecular weight excluding hydrogens is 278 g/mol. The second-order valence-corrected chi connectivity index (χ2v) is 3.90. The number of alkyl halides is 3. The Hall–Kier alpha value is -0.780. The third-order valence-corrected chi connectivity index (χ3v) is 2.35. The molecule has 0 aliphatic carbocycles. The van der Waals surface area contributed by atoms with Crippen molar-refractivity contribution in [2.75, 3.05) is 11.9 Å². The van der Waals surface area contributed by atoms with Crippen LogP contribution in [0.5, 0.6) is 0 Å². The first-order chi connectivity index (χ1) is 6.79. The van der Waals surface area contributed by atoms with Crippen molar-refractivity contribution in [3.8, 4) is 0 Å². The van der Waals surface area contributed by atoms with E-state index >= 15 is 0 Å². The van der Waals surface area contributed by atoms with Crippen molar-refractivity contribution < 1.29 is 17.6 Å². The molecule has 0 saturated heterocycles. The van der Waals surface area contributed by atoms with E-state index in [2.05, 4.69) is 21.2 Å². The molecule has 0 heterocycles. The van der Waals surface area contributed by atoms with Crippen molar-refractivity contribution in [3.63, 3.8) is 0 Å². The quantitative estimate of drug-likeness (QED) is 0.814. The first kappa shape index (κ1) is 12.3. The highest BCUT2D eigenvalue weighted by Gasteiger charge is 2.26. The van der Waals surface area contributed by atoms with E-state index in [0.29, 0.717) is 5.56 Å². The molecule has 0 amide bonds. The molecular formula is C9H8BrF4N. The summed E-state index contributed by atoms with van der Waals surface area (Å²) in [6.07, 6.45) is -4.28. The maximum absolute atomic E-state index is 12.9. The number of aryl methyl sites for hydroxylation is 1. The van der Waals surface area contributed by atoms with Crippen molar-refractivity contribution in [2.45, 2.75) is 13.1 Å². The Morgan fingerprint density at radius 3 is 2.47 bits per heavy atom. The van der Waals surface area contributed by atoms with Gasteiger partial charge in [0.1, 0.15) is 12.4 Å². The van der Waals surface area contributed by atoms with E-state index in [0.717, 1.165) is 0 Å². The lowest BCUT2D eigenvalue weighted by Crippen LogP contribution is -2.21. The van der Waals surface area contributed by atoms with Crippen LogP contribution in [-0.2, 0) is 0 Å². The van der Waals surface area contributed by atoms with Gasteiger partial charge in [0.15, 0.2) is 0 Å². The highest BCUT2D eigenvalue weighted by molar-refractivity contribution is 9.10. The Balaban J connectivity index is 2.82. The molecule has 0 saturated carbocycles. The van der Waals surface area contributed by atoms with Crippen LogP contribution in [0.15, 0.2) is 16.6 Å². The summed E-state index contributed by atoms with van der Waals surface area (Å²) in [6, 6.07) is 2.46. The van der Waals surface area contributed by atoms with Gasteiger partial charge in [0, 0.05) is 5.69 Å². The Morgan fingerprint density at radius 2 is 1.93 bits per heavy atom. The lowest BCUT2D eigenvalue weighted by molar-refractivity contribution is -0.115. The molecule has 15 heavy (non-hydrogen) atoms. The van der Waals surface area contributed by atoms with Crippen LogP contribution in [0.2, 0.25) is 0 Å². The zero-order chi connectivity index (χ0) is 11.6. The summed E-state index contributed by atoms with van der Waals surface area (Å²) in [4.78, 5) is 0. The molecule has 0 spiro atoms. The van der Waals surface area contributed by atoms with Crippen LogP contribution in [0.4, 0.5) is 23.2 Å². The molecule has 1 rings (SSSR count). The molecule has 6 heteroatoms. The number of benzene rings is 1. The standard InChI is InChI=1S/C9H8BrF4N/c1-5-2-7(11)6(10)3-8(5)15-4-9(12,13)14/h2-3,15H,4H2,1H3. The van der Waals surface area contributed by atoms with Crippen molar-refractivity contribution in [2.24, 2.45) is 0 Å². The number of nitrogens with one attached hydrogen (secondary N) is 1. The maximum Gasteiger partial charge on any atom is 0.405 e. The van der Waals surface area contributed by atoms with Gasteiger partial charge in [-0.1, -0.05) is 0 Å². The Bertz CT molecular complexity index is 362. The smallest absolute Gasteiger partial charge is 0.376 e. The molecule has 1 aromatic carbocycles. The van der Waals surface area contributed by atoms with Crippen LogP contribution in [0, 0.1) is 12.7 Å². The first-order valence-corrected chi connectivity index (χ1v) is 4.85. The van der Waals surface area contributed by atoms with E-state index in [1.54, 1.807) is 0 Å². The predicted molar refractivity (Wildman–Crippen MR) is 53.4 cm³/mol. The molecule has 0 aromatic heterocycles. The summed E-state index contributed by atoms with van der Waals surface area (Å²) in [5.41, 5.74) is 0.695. The summed E-state index contributed by atoms with van der Waals surface area (Å²) >= 11 is 2.90. The molecule has 0 fully saturated rings. The monoisotopic (exact) mass is 285 g/mol. The zero-order valence-corrected chi connectivity index (χ0v) is 9.34. The van der Waals surface area contributed by atoms with Gasteiger partial charge in [-0.25, -0.2) is 4.39 Å². The number of hydrogen-bond acceptors (Lipinski definition) is 1. The van der Waals surface area contributed by atoms with E-state index in [1.165, 1.54) is 19.1 Å². The average Bonchev–Trinajstić information content (AvgIpc) is 2.07. The van der Waals surface area contributed by atoms with Crippen molar-refractivity contribution in [1.29, 1.82) is 0 Å². The minimum Gasteiger partial charge on any atom is -0.376 e. The SMILES string of the molecule is Cc1cc(F)c(Br)cc1NCC(F)(F)F. The summed E-state index contributed by atoms with van der Waals surface area (Å²) < 4.78 is 48.8. The molecule has 1 nitrogen and oxygen atoms in total. The zero-order valence-electron chi connectivity index (χ0n) is 7.75. The van der Waals surface area contributed by atoms with Gasteiger partial charge in [0.05, 0.1) is 4.47 Å². The molecule has 0 atom stereocenters.